The Bertz CT molecular complexity index is 2360. The standard InChI is InChI=1S/C60H67N/c1-3-43-14-12-20-46(21-13-15-43)47-24-26-48(27-25-47)51-32-38-54(39-33-51)61(53-36-30-50(31-37-53)45-18-8-5-9-19-45)55-40-41-57-56-22-10-11-23-58(56)60(2,59(57)42-55)52-34-28-49(29-35-52)44-16-6-4-7-17-44/h10-11,22-46H,3-9,12-21H2,1-2H3. The van der Waals surface area contributed by atoms with Crippen molar-refractivity contribution in [1.82, 2.24) is 0 Å². The second kappa shape index (κ2) is 17.8. The highest BCUT2D eigenvalue weighted by Gasteiger charge is 2.41. The molecule has 6 aromatic carbocycles. The molecule has 0 saturated heterocycles. The number of rotatable bonds is 9. The van der Waals surface area contributed by atoms with Gasteiger partial charge in [0, 0.05) is 22.5 Å². The van der Waals surface area contributed by atoms with Crippen LogP contribution in [0.15, 0.2) is 140 Å². The molecular weight excluding hydrogens is 735 g/mol. The molecule has 1 unspecified atom stereocenters. The molecule has 0 heterocycles. The van der Waals surface area contributed by atoms with Crippen LogP contribution in [0.2, 0.25) is 0 Å². The van der Waals surface area contributed by atoms with Gasteiger partial charge in [0.1, 0.15) is 0 Å². The number of fused-ring (bicyclic) bond motifs is 3. The van der Waals surface area contributed by atoms with Crippen molar-refractivity contribution in [2.75, 3.05) is 4.90 Å². The Morgan fingerprint density at radius 3 is 1.43 bits per heavy atom. The van der Waals surface area contributed by atoms with Gasteiger partial charge in [-0.1, -0.05) is 181 Å². The first-order valence-electron chi connectivity index (χ1n) is 24.5. The lowest BCUT2D eigenvalue weighted by Gasteiger charge is -2.31. The zero-order chi connectivity index (χ0) is 41.2. The molecule has 4 aliphatic carbocycles. The van der Waals surface area contributed by atoms with Crippen LogP contribution in [0.4, 0.5) is 17.1 Å². The molecule has 0 aliphatic heterocycles. The normalized spacial score (nSPS) is 22.2. The highest BCUT2D eigenvalue weighted by molar-refractivity contribution is 5.87. The summed E-state index contributed by atoms with van der Waals surface area (Å²) in [6.07, 6.45) is 23.1. The van der Waals surface area contributed by atoms with E-state index in [1.54, 1.807) is 0 Å². The van der Waals surface area contributed by atoms with Crippen LogP contribution in [0.5, 0.6) is 0 Å². The van der Waals surface area contributed by atoms with Crippen molar-refractivity contribution in [1.29, 1.82) is 0 Å². The number of hydrogen-bond donors (Lipinski definition) is 0. The second-order valence-electron chi connectivity index (χ2n) is 19.6. The maximum absolute atomic E-state index is 2.52. The number of nitrogens with zero attached hydrogens (tertiary/aromatic N) is 1. The highest BCUT2D eigenvalue weighted by Crippen LogP contribution is 2.54. The molecule has 0 N–H and O–H groups in total. The molecule has 3 saturated carbocycles. The predicted molar refractivity (Wildman–Crippen MR) is 260 cm³/mol. The Morgan fingerprint density at radius 1 is 0.426 bits per heavy atom. The molecule has 312 valence electrons. The summed E-state index contributed by atoms with van der Waals surface area (Å²) in [5.74, 6) is 3.04. The van der Waals surface area contributed by atoms with E-state index in [0.29, 0.717) is 17.8 Å². The van der Waals surface area contributed by atoms with Crippen LogP contribution in [-0.4, -0.2) is 0 Å². The van der Waals surface area contributed by atoms with Crippen LogP contribution in [0.1, 0.15) is 174 Å². The molecule has 0 bridgehead atoms. The number of benzene rings is 6. The van der Waals surface area contributed by atoms with E-state index in [4.69, 9.17) is 0 Å². The van der Waals surface area contributed by atoms with E-state index >= 15 is 0 Å². The van der Waals surface area contributed by atoms with Gasteiger partial charge in [0.25, 0.3) is 0 Å². The Balaban J connectivity index is 0.992. The van der Waals surface area contributed by atoms with Gasteiger partial charge in [-0.25, -0.2) is 0 Å². The molecule has 0 radical (unpaired) electrons. The average molecular weight is 802 g/mol. The van der Waals surface area contributed by atoms with Crippen LogP contribution in [0.25, 0.3) is 22.3 Å². The van der Waals surface area contributed by atoms with Gasteiger partial charge < -0.3 is 4.90 Å². The van der Waals surface area contributed by atoms with Crippen LogP contribution in [0.3, 0.4) is 0 Å². The minimum Gasteiger partial charge on any atom is -0.310 e. The fourth-order valence-corrected chi connectivity index (χ4v) is 12.3. The topological polar surface area (TPSA) is 3.24 Å². The summed E-state index contributed by atoms with van der Waals surface area (Å²) < 4.78 is 0. The summed E-state index contributed by atoms with van der Waals surface area (Å²) in [4.78, 5) is 2.51. The molecule has 0 aromatic heterocycles. The molecule has 6 aromatic rings. The van der Waals surface area contributed by atoms with Crippen LogP contribution in [0, 0.1) is 5.92 Å². The molecule has 1 atom stereocenters. The molecule has 1 nitrogen and oxygen atoms in total. The predicted octanol–water partition coefficient (Wildman–Crippen LogP) is 17.7. The van der Waals surface area contributed by atoms with Gasteiger partial charge in [0.05, 0.1) is 0 Å². The smallest absolute Gasteiger partial charge is 0.0465 e. The maximum atomic E-state index is 2.52. The molecule has 61 heavy (non-hydrogen) atoms. The second-order valence-corrected chi connectivity index (χ2v) is 19.6. The lowest BCUT2D eigenvalue weighted by molar-refractivity contribution is 0.350. The molecule has 4 aliphatic rings. The Hall–Kier alpha value is -4.88. The third-order valence-electron chi connectivity index (χ3n) is 16.1. The van der Waals surface area contributed by atoms with E-state index in [2.05, 4.69) is 158 Å². The van der Waals surface area contributed by atoms with E-state index in [1.165, 1.54) is 182 Å². The van der Waals surface area contributed by atoms with Gasteiger partial charge in [0.15, 0.2) is 0 Å². The molecular formula is C60H67N. The lowest BCUT2D eigenvalue weighted by atomic mass is 9.73. The van der Waals surface area contributed by atoms with Gasteiger partial charge in [-0.05, 0) is 161 Å². The van der Waals surface area contributed by atoms with Crippen molar-refractivity contribution in [3.63, 3.8) is 0 Å². The van der Waals surface area contributed by atoms with Crippen molar-refractivity contribution in [3.05, 3.63) is 173 Å². The first-order chi connectivity index (χ1) is 30.1. The van der Waals surface area contributed by atoms with Crippen LogP contribution >= 0.6 is 0 Å². The first kappa shape index (κ1) is 40.2. The zero-order valence-electron chi connectivity index (χ0n) is 37.1. The minimum atomic E-state index is -0.256. The van der Waals surface area contributed by atoms with Gasteiger partial charge in [-0.2, -0.15) is 0 Å². The first-order valence-corrected chi connectivity index (χ1v) is 24.5. The van der Waals surface area contributed by atoms with E-state index in [9.17, 15) is 0 Å². The van der Waals surface area contributed by atoms with E-state index < -0.39 is 0 Å². The number of anilines is 3. The van der Waals surface area contributed by atoms with Crippen molar-refractivity contribution in [2.24, 2.45) is 5.92 Å². The summed E-state index contributed by atoms with van der Waals surface area (Å²) in [5, 5.41) is 0. The highest BCUT2D eigenvalue weighted by atomic mass is 15.1. The molecule has 1 heteroatoms. The monoisotopic (exact) mass is 802 g/mol. The van der Waals surface area contributed by atoms with Gasteiger partial charge in [-0.15, -0.1) is 0 Å². The molecule has 0 spiro atoms. The average Bonchev–Trinajstić information content (AvgIpc) is 3.58. The maximum Gasteiger partial charge on any atom is 0.0465 e. The van der Waals surface area contributed by atoms with Gasteiger partial charge >= 0.3 is 0 Å². The SMILES string of the molecule is CCC1CCCC(c2ccc(-c3ccc(N(c4ccc(C5CCCCC5)cc4)c4ccc5c(c4)C(C)(c4ccc(C6CCCCC6)cc4)c4ccccc4-5)cc3)cc2)CCC1. The fraction of sp³-hybridized carbons (Fsp3) is 0.400. The number of hydrogen-bond acceptors (Lipinski definition) is 1. The summed E-state index contributed by atoms with van der Waals surface area (Å²) in [6.45, 7) is 4.85. The largest absolute Gasteiger partial charge is 0.310 e. The third kappa shape index (κ3) is 8.04. The summed E-state index contributed by atoms with van der Waals surface area (Å²) >= 11 is 0. The van der Waals surface area contributed by atoms with Gasteiger partial charge in [-0.3, -0.25) is 0 Å². The quantitative estimate of drug-likeness (QED) is 0.141. The van der Waals surface area contributed by atoms with Crippen molar-refractivity contribution in [2.45, 2.75) is 146 Å². The van der Waals surface area contributed by atoms with Crippen molar-refractivity contribution in [3.8, 4) is 22.3 Å². The summed E-state index contributed by atoms with van der Waals surface area (Å²) in [7, 11) is 0. The Morgan fingerprint density at radius 2 is 0.869 bits per heavy atom. The lowest BCUT2D eigenvalue weighted by Crippen LogP contribution is -2.23. The third-order valence-corrected chi connectivity index (χ3v) is 16.1. The van der Waals surface area contributed by atoms with Gasteiger partial charge in [0.2, 0.25) is 0 Å². The van der Waals surface area contributed by atoms with Crippen LogP contribution < -0.4 is 4.90 Å². The van der Waals surface area contributed by atoms with Crippen molar-refractivity contribution >= 4 is 17.1 Å². The Labute approximate surface area is 367 Å². The molecule has 0 amide bonds. The summed E-state index contributed by atoms with van der Waals surface area (Å²) in [5.41, 5.74) is 17.4. The van der Waals surface area contributed by atoms with Crippen molar-refractivity contribution < 1.29 is 0 Å². The summed E-state index contributed by atoms with van der Waals surface area (Å²) in [6, 6.07) is 54.9. The van der Waals surface area contributed by atoms with E-state index in [1.807, 2.05) is 0 Å². The molecule has 3 fully saturated rings. The van der Waals surface area contributed by atoms with E-state index in [0.717, 1.165) is 5.92 Å². The fourth-order valence-electron chi connectivity index (χ4n) is 12.3. The molecule has 10 rings (SSSR count). The van der Waals surface area contributed by atoms with Crippen LogP contribution in [-0.2, 0) is 5.41 Å². The zero-order valence-corrected chi connectivity index (χ0v) is 37.1. The Kier molecular flexibility index (Phi) is 11.8. The minimum absolute atomic E-state index is 0.256. The van der Waals surface area contributed by atoms with E-state index in [-0.39, 0.29) is 5.41 Å².